The van der Waals surface area contributed by atoms with E-state index in [1.54, 1.807) is 0 Å². The Morgan fingerprint density at radius 2 is 0.909 bits per heavy atom. The summed E-state index contributed by atoms with van der Waals surface area (Å²) in [6.45, 7) is 0. The van der Waals surface area contributed by atoms with Gasteiger partial charge in [-0.05, 0) is 117 Å². The number of benzene rings is 11. The number of nitrogens with zero attached hydrogens (tertiary/aromatic N) is 2. The van der Waals surface area contributed by atoms with Gasteiger partial charge in [-0.25, -0.2) is 0 Å². The van der Waals surface area contributed by atoms with Crippen molar-refractivity contribution < 1.29 is 8.83 Å². The molecule has 0 unspecified atom stereocenters. The lowest BCUT2D eigenvalue weighted by Gasteiger charge is -2.27. The first-order valence-electron chi connectivity index (χ1n) is 22.5. The molecule has 0 fully saturated rings. The molecule has 0 bridgehead atoms. The molecule has 0 saturated carbocycles. The van der Waals surface area contributed by atoms with Crippen molar-refractivity contribution >= 4 is 104 Å². The Kier molecular flexibility index (Phi) is 7.95. The van der Waals surface area contributed by atoms with Crippen LogP contribution in [0.5, 0.6) is 0 Å². The Bertz CT molecular complexity index is 4190. The van der Waals surface area contributed by atoms with Gasteiger partial charge < -0.3 is 18.3 Å². The molecule has 14 aromatic rings. The standard InChI is InChI=1S/C62H38N2O2/c1-2-18-44-41(15-1)38-52(47-20-4-3-19-46(44)47)39-31-33-42(34-32-39)63(55-27-14-30-59-60(55)50-23-7-11-28-57(50)65-59)56-36-35-45(62-61(56)51-24-8-12-29-58(51)66-62)40-16-13-17-43(37-40)64-53-25-9-5-21-48(53)49-22-6-10-26-54(49)64/h1-38H. The third kappa shape index (κ3) is 5.45. The summed E-state index contributed by atoms with van der Waals surface area (Å²) >= 11 is 0. The van der Waals surface area contributed by atoms with E-state index in [0.717, 1.165) is 83.3 Å². The zero-order valence-electron chi connectivity index (χ0n) is 35.7. The molecule has 3 aromatic heterocycles. The minimum atomic E-state index is 0.835. The first kappa shape index (κ1) is 36.6. The molecule has 308 valence electrons. The van der Waals surface area contributed by atoms with Crippen LogP contribution in [-0.2, 0) is 0 Å². The summed E-state index contributed by atoms with van der Waals surface area (Å²) in [5.74, 6) is 0. The van der Waals surface area contributed by atoms with Crippen molar-refractivity contribution in [3.8, 4) is 27.9 Å². The van der Waals surface area contributed by atoms with Gasteiger partial charge in [-0.2, -0.15) is 0 Å². The van der Waals surface area contributed by atoms with Crippen LogP contribution in [0.3, 0.4) is 0 Å². The highest BCUT2D eigenvalue weighted by Crippen LogP contribution is 2.49. The lowest BCUT2D eigenvalue weighted by atomic mass is 9.93. The van der Waals surface area contributed by atoms with Gasteiger partial charge in [0.05, 0.1) is 33.2 Å². The van der Waals surface area contributed by atoms with Crippen LogP contribution in [0.1, 0.15) is 0 Å². The minimum Gasteiger partial charge on any atom is -0.456 e. The summed E-state index contributed by atoms with van der Waals surface area (Å²) in [4.78, 5) is 2.40. The highest BCUT2D eigenvalue weighted by molar-refractivity contribution is 6.20. The summed E-state index contributed by atoms with van der Waals surface area (Å²) < 4.78 is 15.9. The maximum atomic E-state index is 7.02. The lowest BCUT2D eigenvalue weighted by Crippen LogP contribution is -2.11. The second-order valence-corrected chi connectivity index (χ2v) is 17.2. The third-order valence-corrected chi connectivity index (χ3v) is 13.6. The summed E-state index contributed by atoms with van der Waals surface area (Å²) in [5, 5.41) is 11.7. The van der Waals surface area contributed by atoms with E-state index >= 15 is 0 Å². The Hall–Kier alpha value is -8.86. The zero-order chi connectivity index (χ0) is 43.3. The van der Waals surface area contributed by atoms with Crippen LogP contribution in [0.25, 0.3) is 115 Å². The van der Waals surface area contributed by atoms with Crippen LogP contribution >= 0.6 is 0 Å². The van der Waals surface area contributed by atoms with E-state index in [9.17, 15) is 0 Å². The quantitative estimate of drug-likeness (QED) is 0.156. The van der Waals surface area contributed by atoms with Crippen LogP contribution in [0.2, 0.25) is 0 Å². The summed E-state index contributed by atoms with van der Waals surface area (Å²) in [7, 11) is 0. The van der Waals surface area contributed by atoms with Crippen molar-refractivity contribution in [2.24, 2.45) is 0 Å². The normalized spacial score (nSPS) is 11.9. The Morgan fingerprint density at radius 3 is 1.67 bits per heavy atom. The SMILES string of the molecule is c1cc(-c2ccc(N(c3ccc(-c4cc5ccccc5c5ccccc45)cc3)c3cccc4oc5ccccc5c34)c3c2oc2ccccc23)cc(-n2c3ccccc3c3ccccc32)c1. The lowest BCUT2D eigenvalue weighted by molar-refractivity contribution is 0.669. The molecule has 11 aromatic carbocycles. The second kappa shape index (κ2) is 14.3. The van der Waals surface area contributed by atoms with E-state index in [0.29, 0.717) is 0 Å². The Balaban J connectivity index is 1.000. The molecule has 0 aliphatic heterocycles. The monoisotopic (exact) mass is 842 g/mol. The van der Waals surface area contributed by atoms with Gasteiger partial charge in [0, 0.05) is 38.5 Å². The third-order valence-electron chi connectivity index (χ3n) is 13.6. The topological polar surface area (TPSA) is 34.5 Å². The highest BCUT2D eigenvalue weighted by Gasteiger charge is 2.25. The van der Waals surface area contributed by atoms with Crippen LogP contribution in [0, 0.1) is 0 Å². The number of fused-ring (bicyclic) bond motifs is 12. The molecular formula is C62H38N2O2. The van der Waals surface area contributed by atoms with Crippen LogP contribution < -0.4 is 4.90 Å². The molecule has 3 heterocycles. The van der Waals surface area contributed by atoms with Gasteiger partial charge in [-0.1, -0.05) is 152 Å². The molecule has 4 nitrogen and oxygen atoms in total. The molecule has 0 atom stereocenters. The molecule has 14 rings (SSSR count). The highest BCUT2D eigenvalue weighted by atomic mass is 16.3. The number of anilines is 3. The molecule has 0 aliphatic carbocycles. The summed E-state index contributed by atoms with van der Waals surface area (Å²) in [5.41, 5.74) is 14.3. The van der Waals surface area contributed by atoms with Gasteiger partial charge in [0.2, 0.25) is 0 Å². The van der Waals surface area contributed by atoms with Crippen LogP contribution in [0.4, 0.5) is 17.1 Å². The average molecular weight is 843 g/mol. The number of rotatable bonds is 6. The second-order valence-electron chi connectivity index (χ2n) is 17.2. The van der Waals surface area contributed by atoms with Gasteiger partial charge in [0.15, 0.2) is 0 Å². The summed E-state index contributed by atoms with van der Waals surface area (Å²) in [6.07, 6.45) is 0. The van der Waals surface area contributed by atoms with Gasteiger partial charge in [0.25, 0.3) is 0 Å². The molecule has 0 spiro atoms. The number of aromatic nitrogens is 1. The van der Waals surface area contributed by atoms with E-state index < -0.39 is 0 Å². The molecule has 0 saturated heterocycles. The summed E-state index contributed by atoms with van der Waals surface area (Å²) in [6, 6.07) is 82.7. The molecule has 0 aliphatic rings. The van der Waals surface area contributed by atoms with E-state index in [4.69, 9.17) is 8.83 Å². The van der Waals surface area contributed by atoms with Crippen molar-refractivity contribution in [3.63, 3.8) is 0 Å². The van der Waals surface area contributed by atoms with Crippen molar-refractivity contribution in [3.05, 3.63) is 231 Å². The minimum absolute atomic E-state index is 0.835. The van der Waals surface area contributed by atoms with Gasteiger partial charge in [-0.15, -0.1) is 0 Å². The van der Waals surface area contributed by atoms with E-state index in [1.807, 2.05) is 6.07 Å². The van der Waals surface area contributed by atoms with Crippen molar-refractivity contribution in [2.45, 2.75) is 0 Å². The fourth-order valence-electron chi connectivity index (χ4n) is 10.7. The van der Waals surface area contributed by atoms with Gasteiger partial charge in [-0.3, -0.25) is 0 Å². The first-order chi connectivity index (χ1) is 32.7. The molecule has 0 amide bonds. The zero-order valence-corrected chi connectivity index (χ0v) is 35.7. The molecule has 66 heavy (non-hydrogen) atoms. The van der Waals surface area contributed by atoms with E-state index in [2.05, 4.69) is 234 Å². The van der Waals surface area contributed by atoms with Crippen molar-refractivity contribution in [1.82, 2.24) is 4.57 Å². The molecule has 0 N–H and O–H groups in total. The number of hydrogen-bond donors (Lipinski definition) is 0. The first-order valence-corrected chi connectivity index (χ1v) is 22.5. The number of hydrogen-bond acceptors (Lipinski definition) is 3. The number of furan rings is 2. The Morgan fingerprint density at radius 1 is 0.333 bits per heavy atom. The van der Waals surface area contributed by atoms with Crippen LogP contribution in [-0.4, -0.2) is 4.57 Å². The van der Waals surface area contributed by atoms with Crippen LogP contribution in [0.15, 0.2) is 239 Å². The Labute approximate surface area is 379 Å². The fourth-order valence-corrected chi connectivity index (χ4v) is 10.7. The van der Waals surface area contributed by atoms with Crippen molar-refractivity contribution in [2.75, 3.05) is 4.90 Å². The molecule has 4 heteroatoms. The number of para-hydroxylation sites is 4. The predicted octanol–water partition coefficient (Wildman–Crippen LogP) is 17.7. The maximum Gasteiger partial charge on any atom is 0.145 e. The molecule has 0 radical (unpaired) electrons. The van der Waals surface area contributed by atoms with Gasteiger partial charge in [0.1, 0.15) is 22.3 Å². The smallest absolute Gasteiger partial charge is 0.145 e. The van der Waals surface area contributed by atoms with E-state index in [1.165, 1.54) is 48.9 Å². The van der Waals surface area contributed by atoms with Crippen molar-refractivity contribution in [1.29, 1.82) is 0 Å². The van der Waals surface area contributed by atoms with E-state index in [-0.39, 0.29) is 0 Å². The predicted molar refractivity (Wildman–Crippen MR) is 276 cm³/mol. The van der Waals surface area contributed by atoms with Gasteiger partial charge >= 0.3 is 0 Å². The molecular weight excluding hydrogens is 805 g/mol. The largest absolute Gasteiger partial charge is 0.456 e. The maximum absolute atomic E-state index is 7.02. The average Bonchev–Trinajstić information content (AvgIpc) is 4.07. The fraction of sp³-hybridized carbons (Fsp3) is 0.